The second kappa shape index (κ2) is 9.10. The maximum absolute atomic E-state index is 14.9. The summed E-state index contributed by atoms with van der Waals surface area (Å²) in [6, 6.07) is 4.47. The van der Waals surface area contributed by atoms with Crippen LogP contribution in [-0.4, -0.2) is 52.5 Å². The zero-order chi connectivity index (χ0) is 22.7. The zero-order valence-corrected chi connectivity index (χ0v) is 17.7. The number of hydrogen-bond donors (Lipinski definition) is 2. The van der Waals surface area contributed by atoms with Crippen molar-refractivity contribution in [2.75, 3.05) is 27.8 Å². The lowest BCUT2D eigenvalue weighted by Crippen LogP contribution is -2.27. The number of nitrogens with one attached hydrogen (secondary N) is 2. The van der Waals surface area contributed by atoms with Crippen molar-refractivity contribution < 1.29 is 18.3 Å². The van der Waals surface area contributed by atoms with E-state index in [4.69, 9.17) is 14.5 Å². The molecule has 2 N–H and O–H groups in total. The van der Waals surface area contributed by atoms with E-state index in [1.54, 1.807) is 42.3 Å². The highest BCUT2D eigenvalue weighted by atomic mass is 19.1. The number of aromatic amines is 1. The first kappa shape index (κ1) is 21.4. The van der Waals surface area contributed by atoms with Crippen LogP contribution in [0.25, 0.3) is 22.4 Å². The number of hydrogen-bond acceptors (Lipinski definition) is 7. The van der Waals surface area contributed by atoms with Crippen LogP contribution in [0.3, 0.4) is 0 Å². The molecule has 0 saturated heterocycles. The van der Waals surface area contributed by atoms with E-state index in [2.05, 4.69) is 25.5 Å². The molecule has 4 rings (SSSR count). The van der Waals surface area contributed by atoms with Crippen LogP contribution in [0.15, 0.2) is 41.8 Å². The molecular formula is C21H21F2N7O2. The topological polar surface area (TPSA) is 102 Å². The summed E-state index contributed by atoms with van der Waals surface area (Å²) in [6.07, 6.45) is 4.98. The molecule has 0 bridgehead atoms. The summed E-state index contributed by atoms with van der Waals surface area (Å²) in [6.45, 7) is 0.997. The normalized spacial score (nSPS) is 11.8. The van der Waals surface area contributed by atoms with E-state index in [0.717, 1.165) is 11.6 Å². The van der Waals surface area contributed by atoms with Crippen molar-refractivity contribution in [3.05, 3.63) is 53.9 Å². The maximum atomic E-state index is 14.9. The number of fused-ring (bicyclic) bond motifs is 1. The maximum Gasteiger partial charge on any atom is 0.193 e. The minimum atomic E-state index is -0.927. The monoisotopic (exact) mass is 441 g/mol. The molecular weight excluding hydrogens is 420 g/mol. The molecule has 0 aliphatic heterocycles. The van der Waals surface area contributed by atoms with Crippen LogP contribution in [0.1, 0.15) is 0 Å². The van der Waals surface area contributed by atoms with Crippen molar-refractivity contribution in [3.8, 4) is 22.8 Å². The second-order valence-corrected chi connectivity index (χ2v) is 6.77. The van der Waals surface area contributed by atoms with E-state index in [1.165, 1.54) is 14.2 Å². The number of benzene rings is 1. The third-order valence-electron chi connectivity index (χ3n) is 4.86. The van der Waals surface area contributed by atoms with Gasteiger partial charge in [-0.25, -0.2) is 18.8 Å². The molecule has 0 aliphatic carbocycles. The number of ether oxygens (including phenoxy) is 2. The third-order valence-corrected chi connectivity index (χ3v) is 4.86. The van der Waals surface area contributed by atoms with Gasteiger partial charge in [0.05, 0.1) is 32.3 Å². The van der Waals surface area contributed by atoms with Gasteiger partial charge in [0.25, 0.3) is 0 Å². The van der Waals surface area contributed by atoms with E-state index in [0.29, 0.717) is 35.4 Å². The van der Waals surface area contributed by atoms with Gasteiger partial charge in [0.15, 0.2) is 28.8 Å². The SMILES string of the molecule is CNCCn1/c(=N/c2c(F)c(OC)cc(OC)c2F)ccc2ncc(-c3cn[nH]c3)nc21. The molecule has 166 valence electrons. The third kappa shape index (κ3) is 3.89. The first-order valence-electron chi connectivity index (χ1n) is 9.72. The van der Waals surface area contributed by atoms with Crippen molar-refractivity contribution in [3.63, 3.8) is 0 Å². The molecule has 32 heavy (non-hydrogen) atoms. The van der Waals surface area contributed by atoms with Crippen molar-refractivity contribution in [1.29, 1.82) is 0 Å². The van der Waals surface area contributed by atoms with E-state index in [1.807, 2.05) is 0 Å². The number of pyridine rings is 1. The predicted octanol–water partition coefficient (Wildman–Crippen LogP) is 2.57. The van der Waals surface area contributed by atoms with Crippen molar-refractivity contribution >= 4 is 16.9 Å². The van der Waals surface area contributed by atoms with Crippen molar-refractivity contribution in [2.24, 2.45) is 4.99 Å². The fourth-order valence-corrected chi connectivity index (χ4v) is 3.21. The van der Waals surface area contributed by atoms with Gasteiger partial charge in [-0.1, -0.05) is 0 Å². The lowest BCUT2D eigenvalue weighted by Gasteiger charge is -2.13. The molecule has 0 radical (unpaired) electrons. The molecule has 1 aromatic carbocycles. The van der Waals surface area contributed by atoms with Gasteiger partial charge in [-0.2, -0.15) is 5.10 Å². The van der Waals surface area contributed by atoms with Gasteiger partial charge in [0.2, 0.25) is 0 Å². The molecule has 9 nitrogen and oxygen atoms in total. The first-order valence-corrected chi connectivity index (χ1v) is 9.72. The van der Waals surface area contributed by atoms with E-state index >= 15 is 0 Å². The van der Waals surface area contributed by atoms with Gasteiger partial charge in [0.1, 0.15) is 16.7 Å². The lowest BCUT2D eigenvalue weighted by molar-refractivity contribution is 0.359. The fraction of sp³-hybridized carbons (Fsp3) is 0.238. The summed E-state index contributed by atoms with van der Waals surface area (Å²) in [5, 5.41) is 9.74. The molecule has 3 heterocycles. The Bertz CT molecular complexity index is 1290. The van der Waals surface area contributed by atoms with Crippen LogP contribution in [0.4, 0.5) is 14.5 Å². The van der Waals surface area contributed by atoms with Gasteiger partial charge < -0.3 is 19.4 Å². The Morgan fingerprint density at radius 3 is 2.50 bits per heavy atom. The number of halogens is 2. The molecule has 0 aliphatic rings. The van der Waals surface area contributed by atoms with Crippen molar-refractivity contribution in [2.45, 2.75) is 6.54 Å². The number of rotatable bonds is 7. The minimum Gasteiger partial charge on any atom is -0.493 e. The summed E-state index contributed by atoms with van der Waals surface area (Å²) in [5.74, 6) is -2.20. The number of likely N-dealkylation sites (N-methyl/N-ethyl adjacent to an activating group) is 1. The van der Waals surface area contributed by atoms with Crippen LogP contribution in [-0.2, 0) is 6.54 Å². The fourth-order valence-electron chi connectivity index (χ4n) is 3.21. The van der Waals surface area contributed by atoms with Crippen LogP contribution < -0.4 is 20.3 Å². The van der Waals surface area contributed by atoms with Crippen LogP contribution in [0, 0.1) is 11.6 Å². The van der Waals surface area contributed by atoms with Crippen molar-refractivity contribution in [1.82, 2.24) is 30.0 Å². The Balaban J connectivity index is 1.99. The van der Waals surface area contributed by atoms with Crippen LogP contribution >= 0.6 is 0 Å². The largest absolute Gasteiger partial charge is 0.493 e. The van der Waals surface area contributed by atoms with Crippen LogP contribution in [0.5, 0.6) is 11.5 Å². The standard InChI is InChI=1S/C21H21F2N7O2/c1-24-6-7-30-17(29-20-18(22)15(31-2)8-16(32-3)19(20)23)5-4-13-21(30)28-14(11-25-13)12-9-26-27-10-12/h4-5,8-11,24H,6-7H2,1-3H3,(H,26,27)/b29-17+. The number of aromatic nitrogens is 5. The van der Waals surface area contributed by atoms with E-state index in [9.17, 15) is 8.78 Å². The van der Waals surface area contributed by atoms with Gasteiger partial charge in [-0.05, 0) is 19.2 Å². The molecule has 0 amide bonds. The molecule has 0 spiro atoms. The summed E-state index contributed by atoms with van der Waals surface area (Å²) in [4.78, 5) is 13.5. The summed E-state index contributed by atoms with van der Waals surface area (Å²) < 4.78 is 41.6. The molecule has 4 aromatic rings. The average molecular weight is 441 g/mol. The number of H-pyrrole nitrogens is 1. The Morgan fingerprint density at radius 2 is 1.88 bits per heavy atom. The smallest absolute Gasteiger partial charge is 0.193 e. The summed E-state index contributed by atoms with van der Waals surface area (Å²) >= 11 is 0. The molecule has 0 fully saturated rings. The van der Waals surface area contributed by atoms with Crippen LogP contribution in [0.2, 0.25) is 0 Å². The lowest BCUT2D eigenvalue weighted by atomic mass is 10.2. The highest BCUT2D eigenvalue weighted by molar-refractivity contribution is 5.73. The van der Waals surface area contributed by atoms with Gasteiger partial charge >= 0.3 is 0 Å². The molecule has 0 atom stereocenters. The Morgan fingerprint density at radius 1 is 1.12 bits per heavy atom. The first-order chi connectivity index (χ1) is 15.6. The van der Waals surface area contributed by atoms with E-state index < -0.39 is 17.3 Å². The summed E-state index contributed by atoms with van der Waals surface area (Å²) in [7, 11) is 4.38. The quantitative estimate of drug-likeness (QED) is 0.457. The highest BCUT2D eigenvalue weighted by Gasteiger charge is 2.20. The zero-order valence-electron chi connectivity index (χ0n) is 17.7. The van der Waals surface area contributed by atoms with Gasteiger partial charge in [0, 0.05) is 30.9 Å². The number of nitrogens with zero attached hydrogens (tertiary/aromatic N) is 5. The Hall–Kier alpha value is -3.86. The molecule has 3 aromatic heterocycles. The molecule has 0 saturated carbocycles. The average Bonchev–Trinajstić information content (AvgIpc) is 3.35. The predicted molar refractivity (Wildman–Crippen MR) is 114 cm³/mol. The Labute approximate surface area is 181 Å². The molecule has 0 unspecified atom stereocenters. The van der Waals surface area contributed by atoms with Gasteiger partial charge in [-0.3, -0.25) is 10.1 Å². The second-order valence-electron chi connectivity index (χ2n) is 6.77. The minimum absolute atomic E-state index is 0.174. The number of methoxy groups -OCH3 is 2. The molecule has 11 heteroatoms. The Kier molecular flexibility index (Phi) is 6.08. The highest BCUT2D eigenvalue weighted by Crippen LogP contribution is 2.36. The van der Waals surface area contributed by atoms with E-state index in [-0.39, 0.29) is 11.5 Å². The summed E-state index contributed by atoms with van der Waals surface area (Å²) in [5.41, 5.74) is 2.25. The van der Waals surface area contributed by atoms with Gasteiger partial charge in [-0.15, -0.1) is 0 Å².